The summed E-state index contributed by atoms with van der Waals surface area (Å²) in [7, 11) is 0. The Balaban J connectivity index is 0.00000280. The molecule has 148 valence electrons. The summed E-state index contributed by atoms with van der Waals surface area (Å²) in [6, 6.07) is 8.01. The number of carbonyl (C=O) groups excluding carboxylic acids is 1. The van der Waals surface area contributed by atoms with Gasteiger partial charge in [-0.3, -0.25) is 9.36 Å². The van der Waals surface area contributed by atoms with Gasteiger partial charge in [0.05, 0.1) is 11.0 Å². The van der Waals surface area contributed by atoms with Crippen LogP contribution in [-0.4, -0.2) is 15.5 Å². The Kier molecular flexibility index (Phi) is 6.19. The van der Waals surface area contributed by atoms with E-state index in [0.29, 0.717) is 12.3 Å². The van der Waals surface area contributed by atoms with Gasteiger partial charge in [0, 0.05) is 19.1 Å². The molecule has 0 radical (unpaired) electrons. The van der Waals surface area contributed by atoms with E-state index in [9.17, 15) is 4.79 Å². The fourth-order valence-corrected chi connectivity index (χ4v) is 3.70. The second kappa shape index (κ2) is 8.59. The number of para-hydroxylation sites is 2. The monoisotopic (exact) mass is 371 g/mol. The van der Waals surface area contributed by atoms with Crippen molar-refractivity contribution in [2.75, 3.05) is 5.32 Å². The van der Waals surface area contributed by atoms with Crippen molar-refractivity contribution in [3.8, 4) is 0 Å². The molecule has 3 rings (SSSR count). The Labute approximate surface area is 163 Å². The number of fused-ring (bicyclic) bond motifs is 3. The third-order valence-corrected chi connectivity index (χ3v) is 5.43. The first kappa shape index (κ1) is 19.5. The molecule has 1 aromatic carbocycles. The Bertz CT molecular complexity index is 843. The number of allylic oxidation sites excluding steroid dienone is 1. The summed E-state index contributed by atoms with van der Waals surface area (Å²) in [4.78, 5) is 17.3. The lowest BCUT2D eigenvalue weighted by atomic mass is 9.96. The van der Waals surface area contributed by atoms with Gasteiger partial charge < -0.3 is 10.1 Å². The van der Waals surface area contributed by atoms with Gasteiger partial charge in [-0.25, -0.2) is 4.98 Å². The Morgan fingerprint density at radius 3 is 2.78 bits per heavy atom. The van der Waals surface area contributed by atoms with E-state index in [0.717, 1.165) is 60.4 Å². The summed E-state index contributed by atoms with van der Waals surface area (Å²) in [6.07, 6.45) is 4.91. The largest absolute Gasteiger partial charge is 0.437 e. The maximum Gasteiger partial charge on any atom is 0.307 e. The molecule has 0 saturated carbocycles. The molecule has 0 spiro atoms. The molecule has 1 N–H and O–H groups in total. The topological polar surface area (TPSA) is 56.1 Å². The van der Waals surface area contributed by atoms with Crippen molar-refractivity contribution in [1.29, 1.82) is 0 Å². The first-order valence-corrected chi connectivity index (χ1v) is 10.3. The summed E-state index contributed by atoms with van der Waals surface area (Å²) in [5.41, 5.74) is 4.19. The summed E-state index contributed by atoms with van der Waals surface area (Å²) in [5, 5.41) is 3.53. The molecule has 2 unspecified atom stereocenters. The molecular formula is C22H33N3O2. The van der Waals surface area contributed by atoms with Crippen molar-refractivity contribution in [3.05, 3.63) is 35.5 Å². The molecule has 5 nitrogen and oxygen atoms in total. The molecular weight excluding hydrogens is 338 g/mol. The molecule has 2 heterocycles. The fourth-order valence-electron chi connectivity index (χ4n) is 3.70. The lowest BCUT2D eigenvalue weighted by Gasteiger charge is -2.33. The first-order chi connectivity index (χ1) is 13.1. The molecule has 2 atom stereocenters. The number of nitrogens with one attached hydrogen (secondary N) is 1. The second-order valence-electron chi connectivity index (χ2n) is 7.32. The van der Waals surface area contributed by atoms with Crippen molar-refractivity contribution < 1.29 is 11.0 Å². The Morgan fingerprint density at radius 2 is 2.07 bits per heavy atom. The molecule has 27 heavy (non-hydrogen) atoms. The summed E-state index contributed by atoms with van der Waals surface area (Å²) in [6.45, 7) is 8.65. The van der Waals surface area contributed by atoms with E-state index < -0.39 is 6.23 Å². The van der Waals surface area contributed by atoms with Crippen molar-refractivity contribution in [2.45, 2.75) is 72.4 Å². The van der Waals surface area contributed by atoms with Crippen LogP contribution in [-0.2, 0) is 9.53 Å². The van der Waals surface area contributed by atoms with Gasteiger partial charge in [0.1, 0.15) is 0 Å². The fraction of sp³-hybridized carbons (Fsp3) is 0.545. The molecule has 1 aromatic heterocycles. The third-order valence-electron chi connectivity index (χ3n) is 5.43. The van der Waals surface area contributed by atoms with Crippen molar-refractivity contribution in [3.63, 3.8) is 0 Å². The number of hydrogen-bond acceptors (Lipinski definition) is 4. The number of nitrogens with zero attached hydrogens (tertiary/aromatic N) is 2. The quantitative estimate of drug-likeness (QED) is 0.454. The van der Waals surface area contributed by atoms with E-state index in [1.54, 1.807) is 0 Å². The molecule has 0 bridgehead atoms. The minimum absolute atomic E-state index is 0. The number of carbonyl (C=O) groups is 1. The van der Waals surface area contributed by atoms with Gasteiger partial charge >= 0.3 is 5.97 Å². The van der Waals surface area contributed by atoms with Crippen LogP contribution in [0.3, 0.4) is 0 Å². The Morgan fingerprint density at radius 1 is 1.30 bits per heavy atom. The van der Waals surface area contributed by atoms with E-state index in [2.05, 4.69) is 33.0 Å². The predicted molar refractivity (Wildman–Crippen MR) is 112 cm³/mol. The highest BCUT2D eigenvalue weighted by Crippen LogP contribution is 2.39. The smallest absolute Gasteiger partial charge is 0.307 e. The van der Waals surface area contributed by atoms with Crippen LogP contribution in [0, 0.1) is 5.92 Å². The average Bonchev–Trinajstić information content (AvgIpc) is 3.05. The number of ether oxygens (including phenoxy) is 1. The van der Waals surface area contributed by atoms with Crippen LogP contribution >= 0.6 is 0 Å². The summed E-state index contributed by atoms with van der Waals surface area (Å²) < 4.78 is 8.08. The van der Waals surface area contributed by atoms with Crippen LogP contribution < -0.4 is 5.32 Å². The molecule has 5 heteroatoms. The SMILES string of the molecule is CCCCCC(=O)OC1C(CC)=C(C(C)CC)Nc2nc3ccccc3n21.[HH]. The van der Waals surface area contributed by atoms with E-state index in [-0.39, 0.29) is 7.40 Å². The van der Waals surface area contributed by atoms with Crippen molar-refractivity contribution >= 4 is 23.0 Å². The van der Waals surface area contributed by atoms with Gasteiger partial charge in [0.25, 0.3) is 0 Å². The highest BCUT2D eigenvalue weighted by Gasteiger charge is 2.33. The molecule has 1 aliphatic heterocycles. The number of unbranched alkanes of at least 4 members (excludes halogenated alkanes) is 2. The van der Waals surface area contributed by atoms with Gasteiger partial charge in [-0.2, -0.15) is 0 Å². The highest BCUT2D eigenvalue weighted by atomic mass is 16.6. The van der Waals surface area contributed by atoms with Crippen LogP contribution in [0.5, 0.6) is 0 Å². The van der Waals surface area contributed by atoms with Crippen LogP contribution in [0.4, 0.5) is 5.95 Å². The summed E-state index contributed by atoms with van der Waals surface area (Å²) in [5.74, 6) is 0.985. The predicted octanol–water partition coefficient (Wildman–Crippen LogP) is 6.04. The molecule has 0 saturated heterocycles. The van der Waals surface area contributed by atoms with Gasteiger partial charge in [-0.05, 0) is 37.3 Å². The minimum Gasteiger partial charge on any atom is -0.437 e. The van der Waals surface area contributed by atoms with Gasteiger partial charge in [-0.15, -0.1) is 0 Å². The molecule has 0 aliphatic carbocycles. The van der Waals surface area contributed by atoms with Crippen molar-refractivity contribution in [2.24, 2.45) is 5.92 Å². The van der Waals surface area contributed by atoms with Crippen LogP contribution in [0.15, 0.2) is 35.5 Å². The van der Waals surface area contributed by atoms with Crippen LogP contribution in [0.2, 0.25) is 0 Å². The van der Waals surface area contributed by atoms with Crippen LogP contribution in [0.25, 0.3) is 11.0 Å². The van der Waals surface area contributed by atoms with E-state index in [1.807, 2.05) is 28.8 Å². The third kappa shape index (κ3) is 3.87. The average molecular weight is 372 g/mol. The first-order valence-electron chi connectivity index (χ1n) is 10.3. The zero-order chi connectivity index (χ0) is 19.4. The van der Waals surface area contributed by atoms with Gasteiger partial charge in [-0.1, -0.05) is 52.7 Å². The number of esters is 1. The number of anilines is 1. The number of rotatable bonds is 8. The van der Waals surface area contributed by atoms with E-state index in [1.165, 1.54) is 0 Å². The Hall–Kier alpha value is -2.30. The molecule has 0 amide bonds. The number of hydrogen-bond donors (Lipinski definition) is 1. The van der Waals surface area contributed by atoms with E-state index >= 15 is 0 Å². The van der Waals surface area contributed by atoms with Crippen LogP contribution in [0.1, 0.15) is 73.9 Å². The zero-order valence-electron chi connectivity index (χ0n) is 16.9. The number of aromatic nitrogens is 2. The maximum absolute atomic E-state index is 12.6. The van der Waals surface area contributed by atoms with Crippen molar-refractivity contribution in [1.82, 2.24) is 9.55 Å². The second-order valence-corrected chi connectivity index (χ2v) is 7.32. The minimum atomic E-state index is -0.420. The van der Waals surface area contributed by atoms with E-state index in [4.69, 9.17) is 9.72 Å². The highest BCUT2D eigenvalue weighted by molar-refractivity contribution is 5.80. The zero-order valence-corrected chi connectivity index (χ0v) is 16.9. The van der Waals surface area contributed by atoms with Gasteiger partial charge in [0.15, 0.2) is 0 Å². The molecule has 0 fully saturated rings. The summed E-state index contributed by atoms with van der Waals surface area (Å²) >= 11 is 0. The molecule has 2 aromatic rings. The lowest BCUT2D eigenvalue weighted by Crippen LogP contribution is -2.29. The number of benzene rings is 1. The standard InChI is InChI=1S/C22H31N3O2.H2/c1-5-8-9-14-19(26)27-21-16(7-3)20(15(4)6-2)24-22-23-17-12-10-11-13-18(17)25(21)22;/h10-13,15,21H,5-9,14H2,1-4H3,(H,23,24);1H. The maximum atomic E-state index is 12.6. The molecule has 1 aliphatic rings. The normalized spacial score (nSPS) is 17.6. The lowest BCUT2D eigenvalue weighted by molar-refractivity contribution is -0.151. The number of imidazole rings is 1. The van der Waals surface area contributed by atoms with Gasteiger partial charge in [0.2, 0.25) is 12.2 Å².